The zero-order chi connectivity index (χ0) is 14.3. The van der Waals surface area contributed by atoms with Crippen LogP contribution in [0.3, 0.4) is 0 Å². The summed E-state index contributed by atoms with van der Waals surface area (Å²) in [6, 6.07) is 3.63. The van der Waals surface area contributed by atoms with Crippen LogP contribution in [0.4, 0.5) is 5.69 Å². The molecule has 1 aromatic rings. The van der Waals surface area contributed by atoms with E-state index in [2.05, 4.69) is 17.3 Å². The Hall–Kier alpha value is -1.62. The molecule has 0 saturated heterocycles. The van der Waals surface area contributed by atoms with Gasteiger partial charge in [-0.15, -0.1) is 0 Å². The lowest BCUT2D eigenvalue weighted by Crippen LogP contribution is -2.38. The van der Waals surface area contributed by atoms with Crippen LogP contribution in [0.5, 0.6) is 0 Å². The average molecular weight is 264 g/mol. The Labute approximate surface area is 115 Å². The number of anilines is 1. The standard InChI is InChI=1S/C14H24N4O/c1-4-5-6-9-18(11(2)3)14(19)13-8-7-12(17-15)10-16-13/h7-8,10-11,17H,4-6,9,15H2,1-3H3. The Morgan fingerprint density at radius 1 is 1.42 bits per heavy atom. The summed E-state index contributed by atoms with van der Waals surface area (Å²) < 4.78 is 0. The van der Waals surface area contributed by atoms with Crippen molar-refractivity contribution in [3.05, 3.63) is 24.0 Å². The van der Waals surface area contributed by atoms with Crippen LogP contribution in [0, 0.1) is 0 Å². The minimum absolute atomic E-state index is 0.0188. The van der Waals surface area contributed by atoms with E-state index in [0.29, 0.717) is 11.4 Å². The van der Waals surface area contributed by atoms with Gasteiger partial charge < -0.3 is 10.3 Å². The van der Waals surface area contributed by atoms with Crippen molar-refractivity contribution in [2.45, 2.75) is 46.1 Å². The van der Waals surface area contributed by atoms with Gasteiger partial charge in [0.25, 0.3) is 5.91 Å². The fourth-order valence-corrected chi connectivity index (χ4v) is 1.88. The lowest BCUT2D eigenvalue weighted by Gasteiger charge is -2.26. The van der Waals surface area contributed by atoms with E-state index in [1.807, 2.05) is 18.7 Å². The molecule has 0 unspecified atom stereocenters. The van der Waals surface area contributed by atoms with Crippen molar-refractivity contribution in [2.75, 3.05) is 12.0 Å². The van der Waals surface area contributed by atoms with Crippen molar-refractivity contribution >= 4 is 11.6 Å². The zero-order valence-electron chi connectivity index (χ0n) is 12.0. The molecule has 0 aliphatic carbocycles. The number of rotatable bonds is 7. The molecule has 1 rings (SSSR count). The first-order valence-corrected chi connectivity index (χ1v) is 6.83. The summed E-state index contributed by atoms with van der Waals surface area (Å²) in [7, 11) is 0. The van der Waals surface area contributed by atoms with Gasteiger partial charge in [-0.1, -0.05) is 19.8 Å². The highest BCUT2D eigenvalue weighted by Crippen LogP contribution is 2.11. The van der Waals surface area contributed by atoms with Crippen molar-refractivity contribution < 1.29 is 4.79 Å². The topological polar surface area (TPSA) is 71.2 Å². The van der Waals surface area contributed by atoms with Gasteiger partial charge >= 0.3 is 0 Å². The minimum Gasteiger partial charge on any atom is -0.335 e. The number of nitrogens with two attached hydrogens (primary N) is 1. The third-order valence-electron chi connectivity index (χ3n) is 3.04. The SMILES string of the molecule is CCCCCN(C(=O)c1ccc(NN)cn1)C(C)C. The molecule has 0 aliphatic rings. The number of unbranched alkanes of at least 4 members (excludes halogenated alkanes) is 2. The smallest absolute Gasteiger partial charge is 0.272 e. The Kier molecular flexibility index (Phi) is 6.29. The first-order valence-electron chi connectivity index (χ1n) is 6.83. The van der Waals surface area contributed by atoms with E-state index in [1.165, 1.54) is 0 Å². The number of aromatic nitrogens is 1. The Morgan fingerprint density at radius 3 is 2.63 bits per heavy atom. The van der Waals surface area contributed by atoms with E-state index < -0.39 is 0 Å². The predicted octanol–water partition coefficient (Wildman–Crippen LogP) is 2.41. The van der Waals surface area contributed by atoms with Gasteiger partial charge in [-0.25, -0.2) is 4.98 Å². The maximum Gasteiger partial charge on any atom is 0.272 e. The first kappa shape index (κ1) is 15.4. The molecule has 5 heteroatoms. The summed E-state index contributed by atoms with van der Waals surface area (Å²) >= 11 is 0. The van der Waals surface area contributed by atoms with Crippen LogP contribution in [0.15, 0.2) is 18.3 Å². The molecule has 0 bridgehead atoms. The highest BCUT2D eigenvalue weighted by atomic mass is 16.2. The number of carbonyl (C=O) groups is 1. The van der Waals surface area contributed by atoms with Gasteiger partial charge in [-0.2, -0.15) is 0 Å². The fraction of sp³-hybridized carbons (Fsp3) is 0.571. The van der Waals surface area contributed by atoms with E-state index >= 15 is 0 Å². The predicted molar refractivity (Wildman–Crippen MR) is 77.7 cm³/mol. The molecular formula is C14H24N4O. The molecule has 5 nitrogen and oxygen atoms in total. The van der Waals surface area contributed by atoms with Crippen LogP contribution in [0.1, 0.15) is 50.5 Å². The average Bonchev–Trinajstić information content (AvgIpc) is 2.42. The van der Waals surface area contributed by atoms with Crippen LogP contribution in [-0.4, -0.2) is 28.4 Å². The van der Waals surface area contributed by atoms with Crippen molar-refractivity contribution in [2.24, 2.45) is 5.84 Å². The number of nitrogens with zero attached hydrogens (tertiary/aromatic N) is 2. The fourth-order valence-electron chi connectivity index (χ4n) is 1.88. The third kappa shape index (κ3) is 4.52. The molecule has 0 aromatic carbocycles. The molecule has 0 aliphatic heterocycles. The number of hydrogen-bond donors (Lipinski definition) is 2. The number of nitrogens with one attached hydrogen (secondary N) is 1. The van der Waals surface area contributed by atoms with Gasteiger partial charge in [0.1, 0.15) is 5.69 Å². The van der Waals surface area contributed by atoms with E-state index in [4.69, 9.17) is 5.84 Å². The number of pyridine rings is 1. The second-order valence-electron chi connectivity index (χ2n) is 4.88. The molecule has 0 spiro atoms. The van der Waals surface area contributed by atoms with Crippen LogP contribution < -0.4 is 11.3 Å². The Balaban J connectivity index is 2.74. The highest BCUT2D eigenvalue weighted by Gasteiger charge is 2.19. The van der Waals surface area contributed by atoms with Gasteiger partial charge in [0, 0.05) is 12.6 Å². The van der Waals surface area contributed by atoms with Crippen LogP contribution in [0.25, 0.3) is 0 Å². The van der Waals surface area contributed by atoms with Crippen LogP contribution in [-0.2, 0) is 0 Å². The van der Waals surface area contributed by atoms with Crippen molar-refractivity contribution in [1.29, 1.82) is 0 Å². The van der Waals surface area contributed by atoms with E-state index in [9.17, 15) is 4.79 Å². The van der Waals surface area contributed by atoms with Gasteiger partial charge in [0.05, 0.1) is 11.9 Å². The van der Waals surface area contributed by atoms with E-state index in [-0.39, 0.29) is 11.9 Å². The number of amides is 1. The molecule has 106 valence electrons. The number of hydrogen-bond acceptors (Lipinski definition) is 4. The second kappa shape index (κ2) is 7.74. The summed E-state index contributed by atoms with van der Waals surface area (Å²) in [5.74, 6) is 5.26. The number of nitrogen functional groups attached to an aromatic ring is 1. The lowest BCUT2D eigenvalue weighted by molar-refractivity contribution is 0.0696. The summed E-state index contributed by atoms with van der Waals surface area (Å²) in [4.78, 5) is 18.4. The Morgan fingerprint density at radius 2 is 2.16 bits per heavy atom. The summed E-state index contributed by atoms with van der Waals surface area (Å²) in [5, 5.41) is 0. The molecule has 1 amide bonds. The number of hydrazine groups is 1. The molecule has 1 aromatic heterocycles. The first-order chi connectivity index (χ1) is 9.10. The summed E-state index contributed by atoms with van der Waals surface area (Å²) in [6.45, 7) is 6.99. The van der Waals surface area contributed by atoms with Gasteiger partial charge in [-0.05, 0) is 32.4 Å². The third-order valence-corrected chi connectivity index (χ3v) is 3.04. The van der Waals surface area contributed by atoms with Gasteiger partial charge in [-0.3, -0.25) is 10.6 Å². The highest BCUT2D eigenvalue weighted by molar-refractivity contribution is 5.92. The van der Waals surface area contributed by atoms with Crippen molar-refractivity contribution in [3.63, 3.8) is 0 Å². The largest absolute Gasteiger partial charge is 0.335 e. The Bertz CT molecular complexity index is 389. The quantitative estimate of drug-likeness (QED) is 0.451. The van der Waals surface area contributed by atoms with Gasteiger partial charge in [0.2, 0.25) is 0 Å². The molecule has 0 saturated carbocycles. The molecule has 0 atom stereocenters. The summed E-state index contributed by atoms with van der Waals surface area (Å²) in [5.41, 5.74) is 3.65. The van der Waals surface area contributed by atoms with Gasteiger partial charge in [0.15, 0.2) is 0 Å². The molecule has 0 fully saturated rings. The molecule has 19 heavy (non-hydrogen) atoms. The normalized spacial score (nSPS) is 10.6. The molecule has 1 heterocycles. The summed E-state index contributed by atoms with van der Waals surface area (Å²) in [6.07, 6.45) is 4.88. The van der Waals surface area contributed by atoms with E-state index in [1.54, 1.807) is 18.3 Å². The second-order valence-corrected chi connectivity index (χ2v) is 4.88. The van der Waals surface area contributed by atoms with Crippen LogP contribution in [0.2, 0.25) is 0 Å². The minimum atomic E-state index is -0.0188. The zero-order valence-corrected chi connectivity index (χ0v) is 12.0. The van der Waals surface area contributed by atoms with Crippen molar-refractivity contribution in [3.8, 4) is 0 Å². The number of carbonyl (C=O) groups excluding carboxylic acids is 1. The monoisotopic (exact) mass is 264 g/mol. The molecule has 0 radical (unpaired) electrons. The lowest BCUT2D eigenvalue weighted by atomic mass is 10.2. The molecule has 3 N–H and O–H groups in total. The maximum atomic E-state index is 12.4. The van der Waals surface area contributed by atoms with Crippen molar-refractivity contribution in [1.82, 2.24) is 9.88 Å². The maximum absolute atomic E-state index is 12.4. The van der Waals surface area contributed by atoms with E-state index in [0.717, 1.165) is 25.8 Å². The molecular weight excluding hydrogens is 240 g/mol. The van der Waals surface area contributed by atoms with Crippen LogP contribution >= 0.6 is 0 Å².